The van der Waals surface area contributed by atoms with Crippen LogP contribution in [0.2, 0.25) is 0 Å². The number of nitrogens with zero attached hydrogens (tertiary/aromatic N) is 3. The Morgan fingerprint density at radius 3 is 2.58 bits per heavy atom. The van der Waals surface area contributed by atoms with E-state index in [1.807, 2.05) is 0 Å². The maximum Gasteiger partial charge on any atom is 0.257 e. The number of anilines is 1. The number of amides is 1. The highest BCUT2D eigenvalue weighted by molar-refractivity contribution is 5.95. The lowest BCUT2D eigenvalue weighted by Gasteiger charge is -2.37. The number of piperazine rings is 1. The number of hydrogen-bond donors (Lipinski definition) is 1. The molecule has 0 saturated carbocycles. The van der Waals surface area contributed by atoms with Gasteiger partial charge in [0.2, 0.25) is 0 Å². The summed E-state index contributed by atoms with van der Waals surface area (Å²) in [5.41, 5.74) is 5.39. The number of rotatable bonds is 2. The predicted octanol–water partition coefficient (Wildman–Crippen LogP) is 0.969. The fraction of sp³-hybridized carbons (Fsp3) is 0.538. The summed E-state index contributed by atoms with van der Waals surface area (Å²) in [5.74, 6) is -1.26. The van der Waals surface area contributed by atoms with Crippen LogP contribution in [0.15, 0.2) is 12.3 Å². The summed E-state index contributed by atoms with van der Waals surface area (Å²) in [5, 5.41) is 0. The summed E-state index contributed by atoms with van der Waals surface area (Å²) in [4.78, 5) is 19.8. The van der Waals surface area contributed by atoms with E-state index in [0.717, 1.165) is 13.1 Å². The van der Waals surface area contributed by atoms with Crippen LogP contribution in [-0.4, -0.2) is 52.9 Å². The van der Waals surface area contributed by atoms with Gasteiger partial charge in [-0.3, -0.25) is 9.69 Å². The summed E-state index contributed by atoms with van der Waals surface area (Å²) in [6, 6.07) is 1.84. The van der Waals surface area contributed by atoms with E-state index >= 15 is 0 Å². The first-order valence-corrected chi connectivity index (χ1v) is 6.44. The topological polar surface area (TPSA) is 62.5 Å². The molecule has 0 aliphatic carbocycles. The van der Waals surface area contributed by atoms with Crippen molar-refractivity contribution < 1.29 is 9.18 Å². The zero-order valence-electron chi connectivity index (χ0n) is 11.3. The van der Waals surface area contributed by atoms with Gasteiger partial charge in [0.1, 0.15) is 0 Å². The summed E-state index contributed by atoms with van der Waals surface area (Å²) < 4.78 is 13.8. The van der Waals surface area contributed by atoms with Crippen molar-refractivity contribution in [1.29, 1.82) is 0 Å². The Kier molecular flexibility index (Phi) is 3.99. The van der Waals surface area contributed by atoms with E-state index < -0.39 is 5.82 Å². The number of nitrogen functional groups attached to an aromatic ring is 1. The molecule has 2 heterocycles. The zero-order valence-corrected chi connectivity index (χ0v) is 11.3. The molecule has 1 aliphatic heterocycles. The third kappa shape index (κ3) is 2.84. The van der Waals surface area contributed by atoms with Gasteiger partial charge in [-0.25, -0.2) is 9.37 Å². The first kappa shape index (κ1) is 13.7. The van der Waals surface area contributed by atoms with Crippen molar-refractivity contribution in [1.82, 2.24) is 14.8 Å². The minimum Gasteiger partial charge on any atom is -0.381 e. The van der Waals surface area contributed by atoms with Crippen molar-refractivity contribution in [2.24, 2.45) is 0 Å². The van der Waals surface area contributed by atoms with Crippen LogP contribution in [0.1, 0.15) is 24.2 Å². The van der Waals surface area contributed by atoms with Gasteiger partial charge in [0.15, 0.2) is 11.6 Å². The summed E-state index contributed by atoms with van der Waals surface area (Å²) in [6.45, 7) is 7.09. The number of nitrogens with two attached hydrogens (primary N) is 1. The summed E-state index contributed by atoms with van der Waals surface area (Å²) in [7, 11) is 0. The second-order valence-electron chi connectivity index (χ2n) is 4.98. The fourth-order valence-corrected chi connectivity index (χ4v) is 2.24. The van der Waals surface area contributed by atoms with Crippen molar-refractivity contribution in [2.75, 3.05) is 31.9 Å². The quantitative estimate of drug-likeness (QED) is 0.866. The van der Waals surface area contributed by atoms with Crippen molar-refractivity contribution in [3.63, 3.8) is 0 Å². The van der Waals surface area contributed by atoms with Crippen LogP contribution in [0.4, 0.5) is 10.2 Å². The van der Waals surface area contributed by atoms with E-state index in [-0.39, 0.29) is 17.3 Å². The van der Waals surface area contributed by atoms with Gasteiger partial charge in [0, 0.05) is 38.4 Å². The molecule has 0 spiro atoms. The number of carbonyl (C=O) groups is 1. The Morgan fingerprint density at radius 1 is 1.37 bits per heavy atom. The number of aromatic nitrogens is 1. The van der Waals surface area contributed by atoms with Crippen LogP contribution < -0.4 is 5.73 Å². The first-order valence-electron chi connectivity index (χ1n) is 6.44. The molecule has 0 unspecified atom stereocenters. The molecule has 19 heavy (non-hydrogen) atoms. The maximum atomic E-state index is 13.8. The molecule has 0 radical (unpaired) electrons. The molecule has 2 N–H and O–H groups in total. The molecule has 1 aliphatic rings. The molecule has 1 saturated heterocycles. The van der Waals surface area contributed by atoms with Crippen LogP contribution in [0.25, 0.3) is 0 Å². The van der Waals surface area contributed by atoms with E-state index in [0.29, 0.717) is 19.1 Å². The van der Waals surface area contributed by atoms with Gasteiger partial charge in [-0.15, -0.1) is 0 Å². The highest BCUT2D eigenvalue weighted by Crippen LogP contribution is 2.16. The van der Waals surface area contributed by atoms with Crippen LogP contribution in [0.5, 0.6) is 0 Å². The highest BCUT2D eigenvalue weighted by Gasteiger charge is 2.25. The lowest BCUT2D eigenvalue weighted by molar-refractivity contribution is 0.0591. The largest absolute Gasteiger partial charge is 0.381 e. The van der Waals surface area contributed by atoms with Gasteiger partial charge < -0.3 is 10.6 Å². The molecule has 0 aromatic carbocycles. The molecule has 0 atom stereocenters. The first-order chi connectivity index (χ1) is 9.00. The molecule has 2 rings (SSSR count). The fourth-order valence-electron chi connectivity index (χ4n) is 2.24. The predicted molar refractivity (Wildman–Crippen MR) is 71.2 cm³/mol. The van der Waals surface area contributed by atoms with Gasteiger partial charge >= 0.3 is 0 Å². The Hall–Kier alpha value is -1.69. The van der Waals surface area contributed by atoms with Crippen LogP contribution in [0, 0.1) is 5.82 Å². The minimum absolute atomic E-state index is 0.00509. The molecule has 0 bridgehead atoms. The van der Waals surface area contributed by atoms with E-state index in [4.69, 9.17) is 5.73 Å². The summed E-state index contributed by atoms with van der Waals surface area (Å²) in [6.07, 6.45) is 1.36. The Labute approximate surface area is 112 Å². The molecule has 1 amide bonds. The van der Waals surface area contributed by atoms with Crippen molar-refractivity contribution in [3.05, 3.63) is 23.6 Å². The number of carbonyl (C=O) groups excluding carboxylic acids is 1. The normalized spacial score (nSPS) is 16.9. The lowest BCUT2D eigenvalue weighted by atomic mass is 10.2. The third-order valence-corrected chi connectivity index (χ3v) is 3.48. The van der Waals surface area contributed by atoms with Gasteiger partial charge in [-0.2, -0.15) is 0 Å². The van der Waals surface area contributed by atoms with Crippen molar-refractivity contribution >= 4 is 11.7 Å². The average molecular weight is 266 g/mol. The molecular weight excluding hydrogens is 247 g/mol. The van der Waals surface area contributed by atoms with Crippen molar-refractivity contribution in [3.8, 4) is 0 Å². The van der Waals surface area contributed by atoms with Crippen LogP contribution in [0.3, 0.4) is 0 Å². The van der Waals surface area contributed by atoms with Crippen LogP contribution in [-0.2, 0) is 0 Å². The smallest absolute Gasteiger partial charge is 0.257 e. The second kappa shape index (κ2) is 5.52. The van der Waals surface area contributed by atoms with Gasteiger partial charge in [-0.05, 0) is 19.9 Å². The highest BCUT2D eigenvalue weighted by atomic mass is 19.1. The second-order valence-corrected chi connectivity index (χ2v) is 4.98. The van der Waals surface area contributed by atoms with E-state index in [1.54, 1.807) is 4.90 Å². The Balaban J connectivity index is 2.07. The molecule has 6 heteroatoms. The van der Waals surface area contributed by atoms with Gasteiger partial charge in [-0.1, -0.05) is 0 Å². The third-order valence-electron chi connectivity index (χ3n) is 3.48. The minimum atomic E-state index is -0.723. The number of hydrogen-bond acceptors (Lipinski definition) is 4. The lowest BCUT2D eigenvalue weighted by Crippen LogP contribution is -2.50. The molecule has 104 valence electrons. The standard InChI is InChI=1S/C13H19FN4O/c1-9(2)17-5-7-18(8-6-17)13(19)10-3-4-16-12(15)11(10)14/h3-4,9H,5-8H2,1-2H3,(H2,15,16). The number of pyridine rings is 1. The molecule has 1 aromatic heterocycles. The number of halogens is 1. The molecule has 5 nitrogen and oxygen atoms in total. The average Bonchev–Trinajstić information content (AvgIpc) is 2.41. The SMILES string of the molecule is CC(C)N1CCN(C(=O)c2ccnc(N)c2F)CC1. The van der Waals surface area contributed by atoms with Gasteiger partial charge in [0.25, 0.3) is 5.91 Å². The zero-order chi connectivity index (χ0) is 14.0. The molecule has 1 aromatic rings. The van der Waals surface area contributed by atoms with E-state index in [1.165, 1.54) is 12.3 Å². The Bertz CT molecular complexity index is 470. The van der Waals surface area contributed by atoms with Crippen LogP contribution >= 0.6 is 0 Å². The van der Waals surface area contributed by atoms with Crippen molar-refractivity contribution in [2.45, 2.75) is 19.9 Å². The molecular formula is C13H19FN4O. The summed E-state index contributed by atoms with van der Waals surface area (Å²) >= 11 is 0. The van der Waals surface area contributed by atoms with E-state index in [9.17, 15) is 9.18 Å². The molecule has 1 fully saturated rings. The maximum absolute atomic E-state index is 13.8. The van der Waals surface area contributed by atoms with E-state index in [2.05, 4.69) is 23.7 Å². The van der Waals surface area contributed by atoms with Gasteiger partial charge in [0.05, 0.1) is 5.56 Å². The monoisotopic (exact) mass is 266 g/mol. The Morgan fingerprint density at radius 2 is 2.00 bits per heavy atom.